The van der Waals surface area contributed by atoms with Crippen LogP contribution in [0.2, 0.25) is 0 Å². The topological polar surface area (TPSA) is 72.1 Å². The average molecular weight is 222 g/mol. The van der Waals surface area contributed by atoms with Crippen LogP contribution in [0.15, 0.2) is 12.4 Å². The second-order valence-electron chi connectivity index (χ2n) is 4.03. The number of carbonyl (C=O) groups excluding carboxylic acids is 1. The number of hydrogen-bond donors (Lipinski definition) is 1. The fourth-order valence-corrected chi connectivity index (χ4v) is 1.36. The van der Waals surface area contributed by atoms with E-state index in [1.807, 2.05) is 0 Å². The summed E-state index contributed by atoms with van der Waals surface area (Å²) in [7, 11) is 1.76. The third kappa shape index (κ3) is 3.18. The predicted molar refractivity (Wildman–Crippen MR) is 62.9 cm³/mol. The molecule has 1 aromatic heterocycles. The number of hydrogen-bond acceptors (Lipinski definition) is 4. The summed E-state index contributed by atoms with van der Waals surface area (Å²) in [5.41, 5.74) is 5.78. The van der Waals surface area contributed by atoms with E-state index in [-0.39, 0.29) is 11.7 Å². The molecule has 0 saturated heterocycles. The fraction of sp³-hybridized carbons (Fsp3) is 0.545. The van der Waals surface area contributed by atoms with Gasteiger partial charge in [0.1, 0.15) is 11.5 Å². The second kappa shape index (κ2) is 5.44. The van der Waals surface area contributed by atoms with Crippen LogP contribution in [0.5, 0.6) is 0 Å². The molecular weight excluding hydrogens is 204 g/mol. The lowest BCUT2D eigenvalue weighted by Gasteiger charge is -2.20. The van der Waals surface area contributed by atoms with E-state index in [1.165, 1.54) is 12.4 Å². The molecule has 1 aromatic rings. The molecule has 1 rings (SSSR count). The van der Waals surface area contributed by atoms with Crippen molar-refractivity contribution < 1.29 is 4.79 Å². The molecule has 0 radical (unpaired) electrons. The Labute approximate surface area is 95.7 Å². The molecule has 0 aromatic carbocycles. The molecule has 5 nitrogen and oxygen atoms in total. The predicted octanol–water partition coefficient (Wildman–Crippen LogP) is 1.18. The van der Waals surface area contributed by atoms with Gasteiger partial charge < -0.3 is 10.6 Å². The molecule has 1 unspecified atom stereocenters. The molecule has 0 spiro atoms. The number of carbonyl (C=O) groups is 1. The molecule has 1 amide bonds. The minimum absolute atomic E-state index is 0.139. The van der Waals surface area contributed by atoms with Crippen molar-refractivity contribution in [1.82, 2.24) is 14.9 Å². The first kappa shape index (κ1) is 12.4. The van der Waals surface area contributed by atoms with Crippen molar-refractivity contribution in [2.24, 2.45) is 5.92 Å². The van der Waals surface area contributed by atoms with Crippen molar-refractivity contribution in [3.05, 3.63) is 18.1 Å². The lowest BCUT2D eigenvalue weighted by Crippen LogP contribution is -2.31. The minimum atomic E-state index is -0.139. The van der Waals surface area contributed by atoms with Crippen LogP contribution in [0.1, 0.15) is 30.8 Å². The molecule has 0 aliphatic carbocycles. The van der Waals surface area contributed by atoms with Gasteiger partial charge in [-0.2, -0.15) is 0 Å². The summed E-state index contributed by atoms with van der Waals surface area (Å²) < 4.78 is 0. The van der Waals surface area contributed by atoms with E-state index in [1.54, 1.807) is 11.9 Å². The van der Waals surface area contributed by atoms with Gasteiger partial charge in [0, 0.05) is 13.6 Å². The highest BCUT2D eigenvalue weighted by Crippen LogP contribution is 2.06. The number of nitrogen functional groups attached to an aromatic ring is 1. The summed E-state index contributed by atoms with van der Waals surface area (Å²) >= 11 is 0. The highest BCUT2D eigenvalue weighted by Gasteiger charge is 2.15. The molecule has 0 bridgehead atoms. The van der Waals surface area contributed by atoms with Crippen molar-refractivity contribution in [2.45, 2.75) is 20.3 Å². The maximum absolute atomic E-state index is 11.9. The Morgan fingerprint density at radius 2 is 2.25 bits per heavy atom. The zero-order valence-electron chi connectivity index (χ0n) is 9.97. The highest BCUT2D eigenvalue weighted by atomic mass is 16.2. The van der Waals surface area contributed by atoms with E-state index < -0.39 is 0 Å². The molecule has 1 atom stereocenters. The molecule has 16 heavy (non-hydrogen) atoms. The normalized spacial score (nSPS) is 12.2. The molecular formula is C11H18N4O. The first-order valence-corrected chi connectivity index (χ1v) is 5.37. The molecule has 88 valence electrons. The summed E-state index contributed by atoms with van der Waals surface area (Å²) in [6, 6.07) is 0. The van der Waals surface area contributed by atoms with E-state index in [4.69, 9.17) is 5.73 Å². The van der Waals surface area contributed by atoms with Gasteiger partial charge in [0.05, 0.1) is 12.4 Å². The molecule has 0 fully saturated rings. The third-order valence-electron chi connectivity index (χ3n) is 2.50. The lowest BCUT2D eigenvalue weighted by molar-refractivity contribution is 0.0769. The van der Waals surface area contributed by atoms with Crippen LogP contribution in [-0.4, -0.2) is 34.4 Å². The monoisotopic (exact) mass is 222 g/mol. The Morgan fingerprint density at radius 1 is 1.56 bits per heavy atom. The molecule has 0 saturated carbocycles. The van der Waals surface area contributed by atoms with Gasteiger partial charge in [-0.05, 0) is 5.92 Å². The van der Waals surface area contributed by atoms with Crippen molar-refractivity contribution in [3.63, 3.8) is 0 Å². The van der Waals surface area contributed by atoms with Crippen LogP contribution in [-0.2, 0) is 0 Å². The van der Waals surface area contributed by atoms with Crippen LogP contribution in [0.3, 0.4) is 0 Å². The summed E-state index contributed by atoms with van der Waals surface area (Å²) in [5, 5.41) is 0. The van der Waals surface area contributed by atoms with Gasteiger partial charge in [0.25, 0.3) is 5.91 Å². The maximum atomic E-state index is 11.9. The summed E-state index contributed by atoms with van der Waals surface area (Å²) in [5.74, 6) is 0.603. The van der Waals surface area contributed by atoms with Gasteiger partial charge in [0.15, 0.2) is 0 Å². The van der Waals surface area contributed by atoms with Crippen molar-refractivity contribution in [2.75, 3.05) is 19.3 Å². The Hall–Kier alpha value is -1.65. The smallest absolute Gasteiger partial charge is 0.273 e. The number of anilines is 1. The van der Waals surface area contributed by atoms with E-state index in [2.05, 4.69) is 23.8 Å². The van der Waals surface area contributed by atoms with Gasteiger partial charge in [-0.15, -0.1) is 0 Å². The lowest BCUT2D eigenvalue weighted by atomic mass is 10.1. The maximum Gasteiger partial charge on any atom is 0.273 e. The number of nitrogens with two attached hydrogens (primary N) is 1. The molecule has 5 heteroatoms. The van der Waals surface area contributed by atoms with Gasteiger partial charge >= 0.3 is 0 Å². The van der Waals surface area contributed by atoms with Gasteiger partial charge in [-0.25, -0.2) is 4.98 Å². The first-order valence-electron chi connectivity index (χ1n) is 5.37. The second-order valence-corrected chi connectivity index (χ2v) is 4.03. The van der Waals surface area contributed by atoms with Crippen LogP contribution >= 0.6 is 0 Å². The standard InChI is InChI=1S/C11H18N4O/c1-4-8(2)7-15(3)11(16)9-5-13-6-10(12)14-9/h5-6,8H,4,7H2,1-3H3,(H2,12,14). The van der Waals surface area contributed by atoms with Gasteiger partial charge in [0.2, 0.25) is 0 Å². The van der Waals surface area contributed by atoms with Gasteiger partial charge in [-0.3, -0.25) is 9.78 Å². The van der Waals surface area contributed by atoms with Crippen molar-refractivity contribution in [3.8, 4) is 0 Å². The summed E-state index contributed by atoms with van der Waals surface area (Å²) in [4.78, 5) is 21.4. The van der Waals surface area contributed by atoms with E-state index in [0.29, 0.717) is 18.2 Å². The van der Waals surface area contributed by atoms with E-state index in [9.17, 15) is 4.79 Å². The Kier molecular flexibility index (Phi) is 4.22. The van der Waals surface area contributed by atoms with Gasteiger partial charge in [-0.1, -0.05) is 20.3 Å². The molecule has 0 aliphatic rings. The van der Waals surface area contributed by atoms with Crippen LogP contribution in [0.25, 0.3) is 0 Å². The number of amides is 1. The largest absolute Gasteiger partial charge is 0.382 e. The van der Waals surface area contributed by atoms with Crippen LogP contribution in [0, 0.1) is 5.92 Å². The number of rotatable bonds is 4. The van der Waals surface area contributed by atoms with Crippen molar-refractivity contribution >= 4 is 11.7 Å². The Bertz CT molecular complexity index is 367. The number of nitrogens with zero attached hydrogens (tertiary/aromatic N) is 3. The Morgan fingerprint density at radius 3 is 2.81 bits per heavy atom. The highest BCUT2D eigenvalue weighted by molar-refractivity contribution is 5.92. The van der Waals surface area contributed by atoms with E-state index in [0.717, 1.165) is 6.42 Å². The molecule has 0 aliphatic heterocycles. The number of aromatic nitrogens is 2. The zero-order valence-corrected chi connectivity index (χ0v) is 9.97. The van der Waals surface area contributed by atoms with Crippen LogP contribution < -0.4 is 5.73 Å². The zero-order chi connectivity index (χ0) is 12.1. The molecule has 2 N–H and O–H groups in total. The SMILES string of the molecule is CCC(C)CN(C)C(=O)c1cncc(N)n1. The fourth-order valence-electron chi connectivity index (χ4n) is 1.36. The molecule has 1 heterocycles. The average Bonchev–Trinajstić information content (AvgIpc) is 2.27. The summed E-state index contributed by atoms with van der Waals surface area (Å²) in [6.45, 7) is 4.92. The minimum Gasteiger partial charge on any atom is -0.382 e. The Balaban J connectivity index is 2.70. The quantitative estimate of drug-likeness (QED) is 0.830. The van der Waals surface area contributed by atoms with E-state index >= 15 is 0 Å². The first-order chi connectivity index (χ1) is 7.54. The summed E-state index contributed by atoms with van der Waals surface area (Å²) in [6.07, 6.45) is 3.90. The third-order valence-corrected chi connectivity index (χ3v) is 2.50. The van der Waals surface area contributed by atoms with Crippen molar-refractivity contribution in [1.29, 1.82) is 0 Å². The van der Waals surface area contributed by atoms with Crippen LogP contribution in [0.4, 0.5) is 5.82 Å².